The molecular formula is C17H23N3. The maximum absolute atomic E-state index is 4.48. The Morgan fingerprint density at radius 3 is 2.75 bits per heavy atom. The van der Waals surface area contributed by atoms with Crippen molar-refractivity contribution in [3.05, 3.63) is 48.0 Å². The molecule has 3 heteroatoms. The first-order chi connectivity index (χ1) is 9.74. The van der Waals surface area contributed by atoms with Gasteiger partial charge < -0.3 is 5.32 Å². The number of hydrogen-bond donors (Lipinski definition) is 1. The Bertz CT molecular complexity index is 559. The Hall–Kier alpha value is -1.61. The summed E-state index contributed by atoms with van der Waals surface area (Å²) >= 11 is 0. The number of aryl methyl sites for hydroxylation is 1. The predicted octanol–water partition coefficient (Wildman–Crippen LogP) is 3.46. The van der Waals surface area contributed by atoms with E-state index < -0.39 is 0 Å². The summed E-state index contributed by atoms with van der Waals surface area (Å²) in [6, 6.07) is 11.1. The van der Waals surface area contributed by atoms with Crippen molar-refractivity contribution in [1.82, 2.24) is 14.9 Å². The van der Waals surface area contributed by atoms with Crippen LogP contribution in [0.15, 0.2) is 36.5 Å². The molecule has 1 saturated carbocycles. The fourth-order valence-electron chi connectivity index (χ4n) is 3.19. The molecular weight excluding hydrogens is 246 g/mol. The van der Waals surface area contributed by atoms with Gasteiger partial charge in [-0.3, -0.25) is 4.57 Å². The number of imidazole rings is 1. The van der Waals surface area contributed by atoms with Crippen LogP contribution in [0, 0.1) is 12.8 Å². The number of benzene rings is 1. The first kappa shape index (κ1) is 13.4. The van der Waals surface area contributed by atoms with Gasteiger partial charge in [-0.05, 0) is 44.2 Å². The van der Waals surface area contributed by atoms with E-state index in [4.69, 9.17) is 0 Å². The molecule has 1 N–H and O–H groups in total. The topological polar surface area (TPSA) is 29.9 Å². The van der Waals surface area contributed by atoms with E-state index in [1.807, 2.05) is 12.3 Å². The van der Waals surface area contributed by atoms with Crippen LogP contribution in [0.1, 0.15) is 37.7 Å². The summed E-state index contributed by atoms with van der Waals surface area (Å²) in [5, 5.41) is 3.69. The summed E-state index contributed by atoms with van der Waals surface area (Å²) in [6.07, 6.45) is 5.96. The first-order valence-corrected chi connectivity index (χ1v) is 7.56. The third kappa shape index (κ3) is 2.78. The molecule has 2 aromatic rings. The minimum atomic E-state index is 0.671. The van der Waals surface area contributed by atoms with Crippen molar-refractivity contribution in [2.24, 2.45) is 5.92 Å². The number of hydrogen-bond acceptors (Lipinski definition) is 2. The predicted molar refractivity (Wildman–Crippen MR) is 81.9 cm³/mol. The highest BCUT2D eigenvalue weighted by Crippen LogP contribution is 2.25. The molecule has 1 fully saturated rings. The average molecular weight is 269 g/mol. The van der Waals surface area contributed by atoms with E-state index in [0.717, 1.165) is 18.3 Å². The second-order valence-electron chi connectivity index (χ2n) is 5.96. The smallest absolute Gasteiger partial charge is 0.110 e. The zero-order chi connectivity index (χ0) is 13.9. The lowest BCUT2D eigenvalue weighted by Crippen LogP contribution is -2.26. The molecule has 2 unspecified atom stereocenters. The van der Waals surface area contributed by atoms with E-state index in [-0.39, 0.29) is 0 Å². The van der Waals surface area contributed by atoms with Crippen LogP contribution in [-0.2, 0) is 6.54 Å². The zero-order valence-corrected chi connectivity index (χ0v) is 12.3. The summed E-state index contributed by atoms with van der Waals surface area (Å²) in [7, 11) is 0. The van der Waals surface area contributed by atoms with Crippen LogP contribution >= 0.6 is 0 Å². The van der Waals surface area contributed by atoms with Crippen LogP contribution in [0.4, 0.5) is 0 Å². The van der Waals surface area contributed by atoms with Gasteiger partial charge in [-0.2, -0.15) is 0 Å². The Balaban J connectivity index is 1.74. The van der Waals surface area contributed by atoms with Crippen molar-refractivity contribution >= 4 is 0 Å². The fourth-order valence-corrected chi connectivity index (χ4v) is 3.19. The molecule has 1 aromatic heterocycles. The molecule has 1 aliphatic carbocycles. The van der Waals surface area contributed by atoms with E-state index in [9.17, 15) is 0 Å². The van der Waals surface area contributed by atoms with Crippen molar-refractivity contribution in [1.29, 1.82) is 0 Å². The van der Waals surface area contributed by atoms with E-state index in [0.29, 0.717) is 6.04 Å². The van der Waals surface area contributed by atoms with Gasteiger partial charge in [0.1, 0.15) is 5.82 Å². The quantitative estimate of drug-likeness (QED) is 0.921. The SMILES string of the molecule is Cc1ncc(CNC2CCC(C)C2)n1-c1ccccc1. The first-order valence-electron chi connectivity index (χ1n) is 7.56. The van der Waals surface area contributed by atoms with Gasteiger partial charge >= 0.3 is 0 Å². The molecule has 0 aliphatic heterocycles. The highest BCUT2D eigenvalue weighted by atomic mass is 15.1. The Kier molecular flexibility index (Phi) is 3.88. The van der Waals surface area contributed by atoms with Crippen LogP contribution in [-0.4, -0.2) is 15.6 Å². The standard InChI is InChI=1S/C17H23N3/c1-13-8-9-15(10-13)19-12-17-11-18-14(2)20(17)16-6-4-3-5-7-16/h3-7,11,13,15,19H,8-10,12H2,1-2H3. The normalized spacial score (nSPS) is 22.3. The van der Waals surface area contributed by atoms with Crippen LogP contribution < -0.4 is 5.32 Å². The molecule has 3 nitrogen and oxygen atoms in total. The lowest BCUT2D eigenvalue weighted by molar-refractivity contribution is 0.496. The molecule has 1 aliphatic rings. The maximum atomic E-state index is 4.48. The fraction of sp³-hybridized carbons (Fsp3) is 0.471. The number of aromatic nitrogens is 2. The van der Waals surface area contributed by atoms with Gasteiger partial charge in [-0.1, -0.05) is 25.1 Å². The van der Waals surface area contributed by atoms with Crippen molar-refractivity contribution in [2.45, 2.75) is 45.7 Å². The number of nitrogens with zero attached hydrogens (tertiary/aromatic N) is 2. The molecule has 106 valence electrons. The Morgan fingerprint density at radius 1 is 1.25 bits per heavy atom. The monoisotopic (exact) mass is 269 g/mol. The van der Waals surface area contributed by atoms with Crippen molar-refractivity contribution < 1.29 is 0 Å². The van der Waals surface area contributed by atoms with E-state index in [1.165, 1.54) is 30.6 Å². The molecule has 0 amide bonds. The third-order valence-electron chi connectivity index (χ3n) is 4.29. The number of rotatable bonds is 4. The molecule has 1 heterocycles. The van der Waals surface area contributed by atoms with Gasteiger partial charge in [-0.25, -0.2) is 4.98 Å². The number of para-hydroxylation sites is 1. The summed E-state index contributed by atoms with van der Waals surface area (Å²) in [5.41, 5.74) is 2.44. The molecule has 0 saturated heterocycles. The molecule has 2 atom stereocenters. The van der Waals surface area contributed by atoms with E-state index in [2.05, 4.69) is 53.0 Å². The Morgan fingerprint density at radius 2 is 2.05 bits per heavy atom. The van der Waals surface area contributed by atoms with Crippen LogP contribution in [0.25, 0.3) is 5.69 Å². The van der Waals surface area contributed by atoms with Gasteiger partial charge in [0.05, 0.1) is 11.9 Å². The third-order valence-corrected chi connectivity index (χ3v) is 4.29. The van der Waals surface area contributed by atoms with Crippen molar-refractivity contribution in [2.75, 3.05) is 0 Å². The lowest BCUT2D eigenvalue weighted by Gasteiger charge is -2.14. The average Bonchev–Trinajstić information content (AvgIpc) is 3.03. The molecule has 3 rings (SSSR count). The largest absolute Gasteiger partial charge is 0.308 e. The molecule has 1 aromatic carbocycles. The second kappa shape index (κ2) is 5.80. The van der Waals surface area contributed by atoms with E-state index >= 15 is 0 Å². The van der Waals surface area contributed by atoms with Crippen molar-refractivity contribution in [3.63, 3.8) is 0 Å². The van der Waals surface area contributed by atoms with Crippen molar-refractivity contribution in [3.8, 4) is 5.69 Å². The highest BCUT2D eigenvalue weighted by Gasteiger charge is 2.21. The number of nitrogens with one attached hydrogen (secondary N) is 1. The van der Waals surface area contributed by atoms with Gasteiger partial charge in [0.25, 0.3) is 0 Å². The van der Waals surface area contributed by atoms with Crippen LogP contribution in [0.5, 0.6) is 0 Å². The minimum absolute atomic E-state index is 0.671. The van der Waals surface area contributed by atoms with Gasteiger partial charge in [0.15, 0.2) is 0 Å². The van der Waals surface area contributed by atoms with Crippen LogP contribution in [0.3, 0.4) is 0 Å². The summed E-state index contributed by atoms with van der Waals surface area (Å²) in [4.78, 5) is 4.48. The van der Waals surface area contributed by atoms with E-state index in [1.54, 1.807) is 0 Å². The summed E-state index contributed by atoms with van der Waals surface area (Å²) < 4.78 is 2.24. The second-order valence-corrected chi connectivity index (χ2v) is 5.96. The van der Waals surface area contributed by atoms with Gasteiger partial charge in [0.2, 0.25) is 0 Å². The van der Waals surface area contributed by atoms with Crippen LogP contribution in [0.2, 0.25) is 0 Å². The summed E-state index contributed by atoms with van der Waals surface area (Å²) in [5.74, 6) is 1.92. The molecule has 20 heavy (non-hydrogen) atoms. The lowest BCUT2D eigenvalue weighted by atomic mass is 10.1. The molecule has 0 bridgehead atoms. The zero-order valence-electron chi connectivity index (χ0n) is 12.3. The van der Waals surface area contributed by atoms with Gasteiger partial charge in [0, 0.05) is 18.3 Å². The molecule has 0 radical (unpaired) electrons. The minimum Gasteiger partial charge on any atom is -0.308 e. The summed E-state index contributed by atoms with van der Waals surface area (Å²) in [6.45, 7) is 5.31. The maximum Gasteiger partial charge on any atom is 0.110 e. The Labute approximate surface area is 121 Å². The molecule has 0 spiro atoms. The highest BCUT2D eigenvalue weighted by molar-refractivity contribution is 5.35. The van der Waals surface area contributed by atoms with Gasteiger partial charge in [-0.15, -0.1) is 0 Å².